The van der Waals surface area contributed by atoms with Crippen LogP contribution in [0, 0.1) is 17.3 Å². The molecule has 0 radical (unpaired) electrons. The van der Waals surface area contributed by atoms with Gasteiger partial charge in [-0.3, -0.25) is 0 Å². The maximum atomic E-state index is 12.6. The summed E-state index contributed by atoms with van der Waals surface area (Å²) in [7, 11) is 1.33. The van der Waals surface area contributed by atoms with Gasteiger partial charge in [-0.2, -0.15) is 0 Å². The topological polar surface area (TPSA) is 65.0 Å². The number of hydrogen-bond acceptors (Lipinski definition) is 5. The molecule has 1 aromatic carbocycles. The molecular weight excluding hydrogens is 378 g/mol. The van der Waals surface area contributed by atoms with Crippen molar-refractivity contribution in [3.05, 3.63) is 41.1 Å². The summed E-state index contributed by atoms with van der Waals surface area (Å²) in [5, 5.41) is 0. The van der Waals surface area contributed by atoms with Gasteiger partial charge in [-0.25, -0.2) is 14.6 Å². The molecule has 1 aliphatic heterocycles. The molecule has 4 bridgehead atoms. The first-order valence-electron chi connectivity index (χ1n) is 9.79. The summed E-state index contributed by atoms with van der Waals surface area (Å²) < 4.78 is 10.5. The third-order valence-corrected chi connectivity index (χ3v) is 7.16. The molecule has 1 aromatic rings. The average Bonchev–Trinajstić information content (AvgIpc) is 3.01. The first-order valence-corrected chi connectivity index (χ1v) is 10.2. The number of aliphatic imine (C=N–C) groups is 1. The van der Waals surface area contributed by atoms with E-state index in [0.717, 1.165) is 32.1 Å². The number of alkyl halides is 1. The van der Waals surface area contributed by atoms with Crippen LogP contribution in [-0.2, 0) is 14.3 Å². The number of hydrogen-bond donors (Lipinski definition) is 0. The van der Waals surface area contributed by atoms with Gasteiger partial charge in [0.25, 0.3) is 0 Å². The number of cyclic esters (lactones) is 1. The Morgan fingerprint density at radius 3 is 2.64 bits per heavy atom. The third-order valence-electron chi connectivity index (χ3n) is 6.72. The molecule has 5 nitrogen and oxygen atoms in total. The van der Waals surface area contributed by atoms with Crippen molar-refractivity contribution in [2.24, 2.45) is 22.2 Å². The highest BCUT2D eigenvalue weighted by Gasteiger charge is 2.60. The predicted molar refractivity (Wildman–Crippen MR) is 105 cm³/mol. The number of esters is 2. The molecule has 0 spiro atoms. The van der Waals surface area contributed by atoms with Gasteiger partial charge >= 0.3 is 11.9 Å². The van der Waals surface area contributed by atoms with Crippen LogP contribution in [0.2, 0.25) is 0 Å². The number of methoxy groups -OCH3 is 1. The molecule has 0 saturated heterocycles. The Labute approximate surface area is 168 Å². The minimum atomic E-state index is -0.464. The lowest BCUT2D eigenvalue weighted by Crippen LogP contribution is -2.56. The summed E-state index contributed by atoms with van der Waals surface area (Å²) in [5.74, 6) is 0.794. The maximum Gasteiger partial charge on any atom is 0.363 e. The van der Waals surface area contributed by atoms with Gasteiger partial charge in [0, 0.05) is 10.3 Å². The van der Waals surface area contributed by atoms with Crippen LogP contribution in [0.1, 0.15) is 54.4 Å². The molecule has 146 valence electrons. The Morgan fingerprint density at radius 2 is 1.96 bits per heavy atom. The fourth-order valence-corrected chi connectivity index (χ4v) is 6.80. The monoisotopic (exact) mass is 399 g/mol. The second-order valence-electron chi connectivity index (χ2n) is 8.81. The van der Waals surface area contributed by atoms with E-state index < -0.39 is 11.9 Å². The van der Waals surface area contributed by atoms with Crippen molar-refractivity contribution in [2.75, 3.05) is 7.11 Å². The van der Waals surface area contributed by atoms with E-state index in [0.29, 0.717) is 28.9 Å². The molecule has 1 heterocycles. The van der Waals surface area contributed by atoms with E-state index in [1.54, 1.807) is 30.3 Å². The van der Waals surface area contributed by atoms with Gasteiger partial charge in [-0.05, 0) is 68.1 Å². The molecule has 2 unspecified atom stereocenters. The molecule has 4 fully saturated rings. The number of rotatable bonds is 3. The predicted octanol–water partition coefficient (Wildman–Crippen LogP) is 4.35. The van der Waals surface area contributed by atoms with E-state index in [1.165, 1.54) is 13.5 Å². The van der Waals surface area contributed by atoms with Crippen molar-refractivity contribution in [3.8, 4) is 0 Å². The molecule has 6 rings (SSSR count). The third kappa shape index (κ3) is 2.79. The lowest BCUT2D eigenvalue weighted by Gasteiger charge is -2.59. The van der Waals surface area contributed by atoms with Crippen LogP contribution in [0.15, 0.2) is 35.0 Å². The number of carbonyl (C=O) groups excluding carboxylic acids is 2. The number of carbonyl (C=O) groups is 2. The zero-order chi connectivity index (χ0) is 19.5. The fourth-order valence-electron chi connectivity index (χ4n) is 6.10. The number of benzene rings is 1. The first kappa shape index (κ1) is 17.9. The van der Waals surface area contributed by atoms with E-state index in [4.69, 9.17) is 21.1 Å². The van der Waals surface area contributed by atoms with Gasteiger partial charge in [0.05, 0.1) is 12.7 Å². The molecule has 5 aliphatic rings. The van der Waals surface area contributed by atoms with E-state index in [1.807, 2.05) is 0 Å². The zero-order valence-corrected chi connectivity index (χ0v) is 16.5. The van der Waals surface area contributed by atoms with E-state index >= 15 is 0 Å². The molecule has 4 saturated carbocycles. The molecular formula is C22H22ClNO4. The standard InChI is InChI=1S/C22H22ClNO4/c1-27-18(25)16-5-3-2-4-15(16)7-17-19(26)28-20(24-17)21-8-13-6-14(9-21)11-22(23,10-13)12-21/h2-5,7,13-14H,6,8-12H2,1H3/b17-7-/t13-,14+,21?,22?. The smallest absolute Gasteiger partial charge is 0.363 e. The van der Waals surface area contributed by atoms with Crippen molar-refractivity contribution in [3.63, 3.8) is 0 Å². The largest absolute Gasteiger partial charge is 0.465 e. The van der Waals surface area contributed by atoms with Crippen molar-refractivity contribution < 1.29 is 19.1 Å². The molecule has 6 heteroatoms. The summed E-state index contributed by atoms with van der Waals surface area (Å²) in [6.45, 7) is 0. The Hall–Kier alpha value is -2.14. The van der Waals surface area contributed by atoms with Crippen molar-refractivity contribution in [2.45, 2.75) is 43.4 Å². The number of halogens is 1. The van der Waals surface area contributed by atoms with Crippen LogP contribution in [0.25, 0.3) is 6.08 Å². The van der Waals surface area contributed by atoms with Crippen molar-refractivity contribution in [1.82, 2.24) is 0 Å². The van der Waals surface area contributed by atoms with Crippen LogP contribution >= 0.6 is 11.6 Å². The molecule has 0 amide bonds. The summed E-state index contributed by atoms with van der Waals surface area (Å²) in [6.07, 6.45) is 7.77. The number of nitrogens with zero attached hydrogens (tertiary/aromatic N) is 1. The Morgan fingerprint density at radius 1 is 1.25 bits per heavy atom. The van der Waals surface area contributed by atoms with Crippen LogP contribution in [-0.4, -0.2) is 29.8 Å². The summed E-state index contributed by atoms with van der Waals surface area (Å²) in [5.41, 5.74) is 0.985. The van der Waals surface area contributed by atoms with Gasteiger partial charge < -0.3 is 9.47 Å². The Bertz CT molecular complexity index is 920. The Balaban J connectivity index is 1.50. The highest BCUT2D eigenvalue weighted by Crippen LogP contribution is 2.64. The van der Waals surface area contributed by atoms with Crippen LogP contribution in [0.3, 0.4) is 0 Å². The number of ether oxygens (including phenoxy) is 2. The Kier molecular flexibility index (Phi) is 3.96. The van der Waals surface area contributed by atoms with E-state index in [-0.39, 0.29) is 16.0 Å². The second-order valence-corrected chi connectivity index (χ2v) is 9.61. The quantitative estimate of drug-likeness (QED) is 0.430. The lowest BCUT2D eigenvalue weighted by molar-refractivity contribution is -0.131. The summed E-state index contributed by atoms with van der Waals surface area (Å²) in [6, 6.07) is 6.99. The minimum absolute atomic E-state index is 0.178. The molecule has 0 N–H and O–H groups in total. The van der Waals surface area contributed by atoms with E-state index in [2.05, 4.69) is 4.99 Å². The molecule has 0 aromatic heterocycles. The van der Waals surface area contributed by atoms with Crippen molar-refractivity contribution in [1.29, 1.82) is 0 Å². The summed E-state index contributed by atoms with van der Waals surface area (Å²) in [4.78, 5) is 29.0. The van der Waals surface area contributed by atoms with Gasteiger partial charge in [0.15, 0.2) is 5.70 Å². The SMILES string of the molecule is COC(=O)c1ccccc1/C=C1\N=C(C23C[C@@H]4C[C@@H](CC(Cl)(C4)C2)C3)OC1=O. The highest BCUT2D eigenvalue weighted by atomic mass is 35.5. The van der Waals surface area contributed by atoms with E-state index in [9.17, 15) is 9.59 Å². The summed E-state index contributed by atoms with van der Waals surface area (Å²) >= 11 is 6.91. The average molecular weight is 400 g/mol. The second kappa shape index (κ2) is 6.18. The van der Waals surface area contributed by atoms with Crippen LogP contribution < -0.4 is 0 Å². The fraction of sp³-hybridized carbons (Fsp3) is 0.500. The molecule has 28 heavy (non-hydrogen) atoms. The maximum absolute atomic E-state index is 12.6. The zero-order valence-electron chi connectivity index (χ0n) is 15.7. The van der Waals surface area contributed by atoms with Crippen LogP contribution in [0.5, 0.6) is 0 Å². The van der Waals surface area contributed by atoms with Gasteiger partial charge in [-0.1, -0.05) is 18.2 Å². The molecule has 4 aliphatic carbocycles. The van der Waals surface area contributed by atoms with Gasteiger partial charge in [-0.15, -0.1) is 11.6 Å². The molecule has 4 atom stereocenters. The lowest BCUT2D eigenvalue weighted by atomic mass is 9.49. The minimum Gasteiger partial charge on any atom is -0.465 e. The normalized spacial score (nSPS) is 37.1. The van der Waals surface area contributed by atoms with Gasteiger partial charge in [0.1, 0.15) is 0 Å². The van der Waals surface area contributed by atoms with Gasteiger partial charge in [0.2, 0.25) is 5.90 Å². The van der Waals surface area contributed by atoms with Crippen LogP contribution in [0.4, 0.5) is 0 Å². The van der Waals surface area contributed by atoms with Crippen molar-refractivity contribution >= 4 is 35.5 Å². The highest BCUT2D eigenvalue weighted by molar-refractivity contribution is 6.24. The first-order chi connectivity index (χ1) is 13.4.